The third kappa shape index (κ3) is 1.16. The Kier molecular flexibility index (Phi) is 2.27. The van der Waals surface area contributed by atoms with Gasteiger partial charge in [-0.25, -0.2) is 0 Å². The predicted octanol–water partition coefficient (Wildman–Crippen LogP) is 3.84. The lowest BCUT2D eigenvalue weighted by Crippen LogP contribution is -2.30. The molecule has 2 aliphatic carbocycles. The summed E-state index contributed by atoms with van der Waals surface area (Å²) in [5, 5.41) is 1.20. The number of alkyl halides is 1. The van der Waals surface area contributed by atoms with Gasteiger partial charge >= 0.3 is 0 Å². The van der Waals surface area contributed by atoms with Crippen molar-refractivity contribution < 1.29 is 0 Å². The fourth-order valence-electron chi connectivity index (χ4n) is 3.69. The summed E-state index contributed by atoms with van der Waals surface area (Å²) < 4.78 is 0. The standard InChI is InChI=1S/C11H19Br/c1-11(2)9-4-3-8(7-9)10(11)5-6-12/h8-10H,3-7H2,1-2H3/t8-,9+,10+/m1/s1. The summed E-state index contributed by atoms with van der Waals surface area (Å²) in [7, 11) is 0. The molecule has 0 spiro atoms. The van der Waals surface area contributed by atoms with E-state index < -0.39 is 0 Å². The van der Waals surface area contributed by atoms with Crippen LogP contribution in [0.2, 0.25) is 0 Å². The summed E-state index contributed by atoms with van der Waals surface area (Å²) in [5.41, 5.74) is 0.649. The van der Waals surface area contributed by atoms with Crippen molar-refractivity contribution in [2.45, 2.75) is 39.5 Å². The van der Waals surface area contributed by atoms with Crippen LogP contribution in [-0.2, 0) is 0 Å². The lowest BCUT2D eigenvalue weighted by molar-refractivity contribution is 0.120. The minimum Gasteiger partial charge on any atom is -0.0928 e. The Morgan fingerprint density at radius 3 is 2.58 bits per heavy atom. The molecule has 3 atom stereocenters. The van der Waals surface area contributed by atoms with Gasteiger partial charge in [0.05, 0.1) is 0 Å². The Labute approximate surface area is 84.2 Å². The average molecular weight is 231 g/mol. The van der Waals surface area contributed by atoms with Crippen LogP contribution in [-0.4, -0.2) is 5.33 Å². The van der Waals surface area contributed by atoms with Gasteiger partial charge in [0.25, 0.3) is 0 Å². The molecule has 0 saturated heterocycles. The third-order valence-electron chi connectivity index (χ3n) is 4.47. The van der Waals surface area contributed by atoms with Gasteiger partial charge in [0, 0.05) is 5.33 Å². The second kappa shape index (κ2) is 3.01. The summed E-state index contributed by atoms with van der Waals surface area (Å²) in [4.78, 5) is 0. The molecule has 0 aliphatic heterocycles. The van der Waals surface area contributed by atoms with E-state index in [9.17, 15) is 0 Å². The number of hydrogen-bond acceptors (Lipinski definition) is 0. The zero-order valence-corrected chi connectivity index (χ0v) is 9.73. The lowest BCUT2D eigenvalue weighted by Gasteiger charge is -2.38. The van der Waals surface area contributed by atoms with Crippen LogP contribution in [0.4, 0.5) is 0 Å². The van der Waals surface area contributed by atoms with Gasteiger partial charge in [0.1, 0.15) is 0 Å². The second-order valence-corrected chi connectivity index (χ2v) is 5.97. The fourth-order valence-corrected chi connectivity index (χ4v) is 4.19. The largest absolute Gasteiger partial charge is 0.0928 e. The van der Waals surface area contributed by atoms with Crippen LogP contribution in [0.3, 0.4) is 0 Å². The monoisotopic (exact) mass is 230 g/mol. The van der Waals surface area contributed by atoms with Crippen LogP contribution in [0.15, 0.2) is 0 Å². The topological polar surface area (TPSA) is 0 Å². The van der Waals surface area contributed by atoms with Crippen molar-refractivity contribution in [3.05, 3.63) is 0 Å². The van der Waals surface area contributed by atoms with Crippen molar-refractivity contribution >= 4 is 15.9 Å². The predicted molar refractivity (Wildman–Crippen MR) is 56.5 cm³/mol. The van der Waals surface area contributed by atoms with E-state index >= 15 is 0 Å². The molecule has 70 valence electrons. The third-order valence-corrected chi connectivity index (χ3v) is 4.93. The molecule has 0 N–H and O–H groups in total. The van der Waals surface area contributed by atoms with E-state index in [0.29, 0.717) is 5.41 Å². The number of rotatable bonds is 2. The van der Waals surface area contributed by atoms with Crippen LogP contribution in [0.1, 0.15) is 39.5 Å². The van der Waals surface area contributed by atoms with Crippen molar-refractivity contribution in [3.8, 4) is 0 Å². The minimum absolute atomic E-state index is 0.649. The van der Waals surface area contributed by atoms with Gasteiger partial charge in [0.15, 0.2) is 0 Å². The van der Waals surface area contributed by atoms with Crippen molar-refractivity contribution in [2.75, 3.05) is 5.33 Å². The van der Waals surface area contributed by atoms with E-state index in [2.05, 4.69) is 29.8 Å². The van der Waals surface area contributed by atoms with Gasteiger partial charge in [-0.2, -0.15) is 0 Å². The molecule has 2 aliphatic rings. The van der Waals surface area contributed by atoms with Crippen LogP contribution in [0.5, 0.6) is 0 Å². The van der Waals surface area contributed by atoms with Gasteiger partial charge in [0.2, 0.25) is 0 Å². The normalized spacial score (nSPS) is 43.8. The highest BCUT2D eigenvalue weighted by atomic mass is 79.9. The number of halogens is 1. The SMILES string of the molecule is CC1(C)[C@H]2CC[C@H](C2)[C@@H]1CCBr. The quantitative estimate of drug-likeness (QED) is 0.633. The highest BCUT2D eigenvalue weighted by Crippen LogP contribution is 2.60. The zero-order valence-electron chi connectivity index (χ0n) is 8.15. The molecular formula is C11H19Br. The van der Waals surface area contributed by atoms with Crippen LogP contribution in [0, 0.1) is 23.2 Å². The fraction of sp³-hybridized carbons (Fsp3) is 1.00. The van der Waals surface area contributed by atoms with E-state index in [-0.39, 0.29) is 0 Å². The Bertz CT molecular complexity index is 174. The summed E-state index contributed by atoms with van der Waals surface area (Å²) in [5.74, 6) is 3.13. The molecule has 0 aromatic rings. The van der Waals surface area contributed by atoms with Crippen LogP contribution < -0.4 is 0 Å². The Hall–Kier alpha value is 0.480. The van der Waals surface area contributed by atoms with Gasteiger partial charge < -0.3 is 0 Å². The lowest BCUT2D eigenvalue weighted by atomic mass is 9.68. The first-order chi connectivity index (χ1) is 5.66. The van der Waals surface area contributed by atoms with Crippen molar-refractivity contribution in [1.82, 2.24) is 0 Å². The summed E-state index contributed by atoms with van der Waals surface area (Å²) in [6, 6.07) is 0. The first-order valence-electron chi connectivity index (χ1n) is 5.22. The molecule has 12 heavy (non-hydrogen) atoms. The molecule has 0 unspecified atom stereocenters. The van der Waals surface area contributed by atoms with Crippen LogP contribution >= 0.6 is 15.9 Å². The highest BCUT2D eigenvalue weighted by molar-refractivity contribution is 9.09. The van der Waals surface area contributed by atoms with Gasteiger partial charge in [-0.05, 0) is 48.9 Å². The average Bonchev–Trinajstić information content (AvgIpc) is 2.53. The van der Waals surface area contributed by atoms with Gasteiger partial charge in [-0.1, -0.05) is 29.8 Å². The molecule has 0 radical (unpaired) electrons. The molecular weight excluding hydrogens is 212 g/mol. The van der Waals surface area contributed by atoms with E-state index in [4.69, 9.17) is 0 Å². The summed E-state index contributed by atoms with van der Waals surface area (Å²) in [6.07, 6.45) is 5.96. The van der Waals surface area contributed by atoms with Crippen molar-refractivity contribution in [2.24, 2.45) is 23.2 Å². The Morgan fingerprint density at radius 2 is 2.08 bits per heavy atom. The molecule has 0 heterocycles. The van der Waals surface area contributed by atoms with E-state index in [0.717, 1.165) is 17.8 Å². The van der Waals surface area contributed by atoms with Gasteiger partial charge in [-0.15, -0.1) is 0 Å². The number of fused-ring (bicyclic) bond motifs is 2. The van der Waals surface area contributed by atoms with Crippen molar-refractivity contribution in [1.29, 1.82) is 0 Å². The minimum atomic E-state index is 0.649. The summed E-state index contributed by atoms with van der Waals surface area (Å²) >= 11 is 3.58. The number of hydrogen-bond donors (Lipinski definition) is 0. The van der Waals surface area contributed by atoms with E-state index in [1.54, 1.807) is 0 Å². The molecule has 0 aromatic heterocycles. The molecule has 0 aromatic carbocycles. The first kappa shape index (κ1) is 9.05. The van der Waals surface area contributed by atoms with Crippen LogP contribution in [0.25, 0.3) is 0 Å². The molecule has 1 heteroatoms. The van der Waals surface area contributed by atoms with E-state index in [1.807, 2.05) is 0 Å². The highest BCUT2D eigenvalue weighted by Gasteiger charge is 2.51. The van der Waals surface area contributed by atoms with E-state index in [1.165, 1.54) is 31.0 Å². The van der Waals surface area contributed by atoms with Gasteiger partial charge in [-0.3, -0.25) is 0 Å². The molecule has 2 bridgehead atoms. The molecule has 2 fully saturated rings. The maximum atomic E-state index is 3.58. The molecule has 0 amide bonds. The summed E-state index contributed by atoms with van der Waals surface area (Å²) in [6.45, 7) is 4.98. The van der Waals surface area contributed by atoms with Crippen molar-refractivity contribution in [3.63, 3.8) is 0 Å². The molecule has 2 saturated carbocycles. The maximum absolute atomic E-state index is 3.58. The molecule has 2 rings (SSSR count). The first-order valence-corrected chi connectivity index (χ1v) is 6.34. The molecule has 0 nitrogen and oxygen atoms in total. The zero-order chi connectivity index (χ0) is 8.77. The second-order valence-electron chi connectivity index (χ2n) is 5.18. The Morgan fingerprint density at radius 1 is 1.33 bits per heavy atom. The maximum Gasteiger partial charge on any atom is 0.00342 e. The Balaban J connectivity index is 2.12. The smallest absolute Gasteiger partial charge is 0.00342 e.